The maximum absolute atomic E-state index is 11.6. The van der Waals surface area contributed by atoms with Crippen LogP contribution in [0.25, 0.3) is 22.0 Å². The Morgan fingerprint density at radius 3 is 2.68 bits per heavy atom. The fourth-order valence-corrected chi connectivity index (χ4v) is 3.64. The highest BCUT2D eigenvalue weighted by Crippen LogP contribution is 2.32. The van der Waals surface area contributed by atoms with Crippen LogP contribution in [0.2, 0.25) is 5.02 Å². The summed E-state index contributed by atoms with van der Waals surface area (Å²) < 4.78 is 0. The Kier molecular flexibility index (Phi) is 4.75. The van der Waals surface area contributed by atoms with Crippen LogP contribution in [0.3, 0.4) is 0 Å². The van der Waals surface area contributed by atoms with E-state index in [1.807, 2.05) is 48.5 Å². The number of anilines is 1. The number of hydrogen-bond acceptors (Lipinski definition) is 3. The Hall–Kier alpha value is -3.31. The van der Waals surface area contributed by atoms with Gasteiger partial charge in [-0.3, -0.25) is 9.89 Å². The second-order valence-electron chi connectivity index (χ2n) is 6.70. The molecule has 3 aromatic carbocycles. The predicted molar refractivity (Wildman–Crippen MR) is 113 cm³/mol. The molecule has 0 fully saturated rings. The van der Waals surface area contributed by atoms with Gasteiger partial charge in [-0.25, -0.2) is 0 Å². The summed E-state index contributed by atoms with van der Waals surface area (Å²) in [7, 11) is 0. The summed E-state index contributed by atoms with van der Waals surface area (Å²) >= 11 is 6.46. The van der Waals surface area contributed by atoms with Crippen LogP contribution in [0.5, 0.6) is 0 Å². The highest BCUT2D eigenvalue weighted by atomic mass is 35.5. The zero-order chi connectivity index (χ0) is 19.7. The molecule has 0 atom stereocenters. The van der Waals surface area contributed by atoms with Crippen LogP contribution in [0, 0.1) is 0 Å². The molecule has 0 spiro atoms. The first-order chi connectivity index (χ1) is 13.5. The van der Waals surface area contributed by atoms with Crippen molar-refractivity contribution in [2.24, 2.45) is 5.73 Å². The number of benzene rings is 3. The van der Waals surface area contributed by atoms with Crippen molar-refractivity contribution in [2.75, 3.05) is 5.73 Å². The van der Waals surface area contributed by atoms with Crippen molar-refractivity contribution >= 4 is 34.2 Å². The second kappa shape index (κ2) is 7.37. The number of nitrogens with zero attached hydrogens (tertiary/aromatic N) is 1. The molecule has 1 heterocycles. The Bertz CT molecular complexity index is 1180. The minimum absolute atomic E-state index is 0.403. The standard InChI is InChI=1S/C22H19ClN4O/c23-19-10-6-13(5-7-14-3-1-2-4-16(14)22(25)28)11-18(19)15-8-9-17-20(12-15)26-27-21(17)24/h1-4,6,8-12H,5,7H2,(H2,25,28)(H3,24,26,27). The van der Waals surface area contributed by atoms with E-state index in [0.717, 1.165) is 46.0 Å². The molecule has 4 rings (SSSR count). The fourth-order valence-electron chi connectivity index (χ4n) is 3.42. The van der Waals surface area contributed by atoms with E-state index in [0.29, 0.717) is 16.4 Å². The van der Waals surface area contributed by atoms with Crippen molar-refractivity contribution in [2.45, 2.75) is 12.8 Å². The zero-order valence-electron chi connectivity index (χ0n) is 15.1. The molecule has 6 heteroatoms. The molecular weight excluding hydrogens is 372 g/mol. The van der Waals surface area contributed by atoms with E-state index in [-0.39, 0.29) is 0 Å². The number of aromatic nitrogens is 2. The minimum Gasteiger partial charge on any atom is -0.382 e. The Balaban J connectivity index is 1.63. The van der Waals surface area contributed by atoms with E-state index in [9.17, 15) is 4.79 Å². The van der Waals surface area contributed by atoms with Gasteiger partial charge in [0.1, 0.15) is 0 Å². The third kappa shape index (κ3) is 3.44. The van der Waals surface area contributed by atoms with Crippen LogP contribution in [0.1, 0.15) is 21.5 Å². The topological polar surface area (TPSA) is 97.8 Å². The number of carbonyl (C=O) groups excluding carboxylic acids is 1. The molecule has 0 unspecified atom stereocenters. The van der Waals surface area contributed by atoms with Crippen molar-refractivity contribution < 1.29 is 4.79 Å². The van der Waals surface area contributed by atoms with Gasteiger partial charge in [0.05, 0.1) is 5.52 Å². The molecule has 0 bridgehead atoms. The lowest BCUT2D eigenvalue weighted by atomic mass is 9.96. The second-order valence-corrected chi connectivity index (χ2v) is 7.11. The molecule has 5 N–H and O–H groups in total. The Morgan fingerprint density at radius 2 is 1.86 bits per heavy atom. The van der Waals surface area contributed by atoms with E-state index in [1.54, 1.807) is 6.07 Å². The lowest BCUT2D eigenvalue weighted by Gasteiger charge is -2.10. The summed E-state index contributed by atoms with van der Waals surface area (Å²) in [5.74, 6) is 0.0778. The van der Waals surface area contributed by atoms with Gasteiger partial charge in [0.15, 0.2) is 5.82 Å². The van der Waals surface area contributed by atoms with Gasteiger partial charge in [-0.05, 0) is 59.9 Å². The van der Waals surface area contributed by atoms with Crippen LogP contribution in [0.15, 0.2) is 60.7 Å². The average molecular weight is 391 g/mol. The van der Waals surface area contributed by atoms with Gasteiger partial charge < -0.3 is 11.5 Å². The molecule has 4 aromatic rings. The number of halogens is 1. The van der Waals surface area contributed by atoms with Gasteiger partial charge in [0, 0.05) is 21.5 Å². The number of primary amides is 1. The number of H-pyrrole nitrogens is 1. The van der Waals surface area contributed by atoms with E-state index in [4.69, 9.17) is 23.1 Å². The van der Waals surface area contributed by atoms with E-state index in [2.05, 4.69) is 16.3 Å². The minimum atomic E-state index is -0.403. The van der Waals surface area contributed by atoms with Crippen LogP contribution in [0.4, 0.5) is 5.82 Å². The maximum atomic E-state index is 11.6. The van der Waals surface area contributed by atoms with Gasteiger partial charge in [-0.2, -0.15) is 5.10 Å². The highest BCUT2D eigenvalue weighted by Gasteiger charge is 2.10. The first kappa shape index (κ1) is 18.1. The molecule has 0 aliphatic heterocycles. The summed E-state index contributed by atoms with van der Waals surface area (Å²) in [5.41, 5.74) is 16.8. The third-order valence-corrected chi connectivity index (χ3v) is 5.23. The number of aryl methyl sites for hydroxylation is 2. The number of nitrogens with two attached hydrogens (primary N) is 2. The Morgan fingerprint density at radius 1 is 1.04 bits per heavy atom. The highest BCUT2D eigenvalue weighted by molar-refractivity contribution is 6.33. The van der Waals surface area contributed by atoms with Crippen LogP contribution in [-0.4, -0.2) is 16.1 Å². The molecular formula is C22H19ClN4O. The van der Waals surface area contributed by atoms with Crippen molar-refractivity contribution in [3.05, 3.63) is 82.4 Å². The predicted octanol–water partition coefficient (Wildman–Crippen LogP) is 4.35. The van der Waals surface area contributed by atoms with Crippen molar-refractivity contribution in [1.82, 2.24) is 10.2 Å². The summed E-state index contributed by atoms with van der Waals surface area (Å²) in [4.78, 5) is 11.6. The van der Waals surface area contributed by atoms with Gasteiger partial charge >= 0.3 is 0 Å². The number of fused-ring (bicyclic) bond motifs is 1. The average Bonchev–Trinajstić information content (AvgIpc) is 3.07. The quantitative estimate of drug-likeness (QED) is 0.472. The zero-order valence-corrected chi connectivity index (χ0v) is 15.8. The summed E-state index contributed by atoms with van der Waals surface area (Å²) in [6, 6.07) is 19.3. The number of hydrogen-bond donors (Lipinski definition) is 3. The van der Waals surface area contributed by atoms with Gasteiger partial charge in [-0.1, -0.05) is 41.9 Å². The summed E-state index contributed by atoms with van der Waals surface area (Å²) in [6.07, 6.45) is 1.49. The summed E-state index contributed by atoms with van der Waals surface area (Å²) in [5, 5.41) is 8.53. The molecule has 5 nitrogen and oxygen atoms in total. The van der Waals surface area contributed by atoms with Crippen molar-refractivity contribution in [3.8, 4) is 11.1 Å². The first-order valence-electron chi connectivity index (χ1n) is 8.93. The van der Waals surface area contributed by atoms with E-state index >= 15 is 0 Å². The molecule has 28 heavy (non-hydrogen) atoms. The summed E-state index contributed by atoms with van der Waals surface area (Å²) in [6.45, 7) is 0. The molecule has 0 radical (unpaired) electrons. The van der Waals surface area contributed by atoms with Crippen LogP contribution in [-0.2, 0) is 12.8 Å². The number of nitrogens with one attached hydrogen (secondary N) is 1. The first-order valence-corrected chi connectivity index (χ1v) is 9.31. The van der Waals surface area contributed by atoms with E-state index < -0.39 is 5.91 Å². The smallest absolute Gasteiger partial charge is 0.248 e. The number of aromatic amines is 1. The normalized spacial score (nSPS) is 11.0. The molecule has 1 amide bonds. The monoisotopic (exact) mass is 390 g/mol. The lowest BCUT2D eigenvalue weighted by molar-refractivity contribution is 0.0999. The maximum Gasteiger partial charge on any atom is 0.248 e. The third-order valence-electron chi connectivity index (χ3n) is 4.90. The van der Waals surface area contributed by atoms with Gasteiger partial charge in [0.2, 0.25) is 5.91 Å². The fraction of sp³-hybridized carbons (Fsp3) is 0.0909. The van der Waals surface area contributed by atoms with Gasteiger partial charge in [0.25, 0.3) is 0 Å². The van der Waals surface area contributed by atoms with Crippen molar-refractivity contribution in [3.63, 3.8) is 0 Å². The Labute approximate surface area is 167 Å². The number of rotatable bonds is 5. The van der Waals surface area contributed by atoms with E-state index in [1.165, 1.54) is 0 Å². The van der Waals surface area contributed by atoms with Crippen LogP contribution >= 0.6 is 11.6 Å². The molecule has 0 saturated heterocycles. The SMILES string of the molecule is NC(=O)c1ccccc1CCc1ccc(Cl)c(-c2ccc3c(N)n[nH]c3c2)c1. The van der Waals surface area contributed by atoms with Crippen molar-refractivity contribution in [1.29, 1.82) is 0 Å². The molecule has 140 valence electrons. The molecule has 0 aliphatic carbocycles. The largest absolute Gasteiger partial charge is 0.382 e. The lowest BCUT2D eigenvalue weighted by Crippen LogP contribution is -2.13. The number of nitrogen functional groups attached to an aromatic ring is 1. The molecule has 0 aliphatic rings. The molecule has 1 aromatic heterocycles. The van der Waals surface area contributed by atoms with Gasteiger partial charge in [-0.15, -0.1) is 0 Å². The van der Waals surface area contributed by atoms with Crippen LogP contribution < -0.4 is 11.5 Å². The number of carbonyl (C=O) groups is 1. The number of amides is 1. The molecule has 0 saturated carbocycles.